The van der Waals surface area contributed by atoms with Gasteiger partial charge in [-0.25, -0.2) is 9.24 Å². The molecule has 1 aliphatic heterocycles. The molecule has 1 fully saturated rings. The summed E-state index contributed by atoms with van der Waals surface area (Å²) in [6, 6.07) is 5.59. The molecule has 0 spiro atoms. The van der Waals surface area contributed by atoms with Crippen molar-refractivity contribution in [2.45, 2.75) is 31.5 Å². The number of nitrogens with one attached hydrogen (secondary N) is 1. The molecule has 37 heavy (non-hydrogen) atoms. The lowest BCUT2D eigenvalue weighted by Gasteiger charge is -2.29. The van der Waals surface area contributed by atoms with Gasteiger partial charge in [0.2, 0.25) is 0 Å². The molecule has 2 aromatic carbocycles. The lowest BCUT2D eigenvalue weighted by Crippen LogP contribution is -2.46. The van der Waals surface area contributed by atoms with Gasteiger partial charge in [0, 0.05) is 24.4 Å². The Hall–Kier alpha value is -3.86. The smallest absolute Gasteiger partial charge is 0.456 e. The molecule has 2 aromatic rings. The molecule has 0 unspecified atom stereocenters. The molecule has 196 valence electrons. The largest absolute Gasteiger partial charge is 0.473 e. The van der Waals surface area contributed by atoms with Crippen LogP contribution in [0.4, 0.5) is 37.7 Å². The second-order valence-corrected chi connectivity index (χ2v) is 8.65. The van der Waals surface area contributed by atoms with Gasteiger partial charge >= 0.3 is 12.1 Å². The Morgan fingerprint density at radius 1 is 1.16 bits per heavy atom. The van der Waals surface area contributed by atoms with Crippen LogP contribution in [-0.2, 0) is 10.7 Å². The number of thiocarbonyl (C=S) groups is 1. The first kappa shape index (κ1) is 27.7. The number of carbonyl (C=O) groups is 2. The van der Waals surface area contributed by atoms with Crippen LogP contribution in [-0.4, -0.2) is 47.3 Å². The van der Waals surface area contributed by atoms with Crippen molar-refractivity contribution >= 4 is 40.5 Å². The number of rotatable bonds is 6. The standard InChI is InChI=1S/C23H18F6N4O3S/c1-21(2)19(35)33(12-5-8-17(30-3)15(9-12)22(25,26)23(27,28)29)20(37)32(21)11-36-13-6-7-14(16(24)10-13)18(34)31-4/h5-10H,11H2,1-2,4H3,(H,31,34). The van der Waals surface area contributed by atoms with Crippen molar-refractivity contribution < 1.29 is 40.7 Å². The van der Waals surface area contributed by atoms with Crippen LogP contribution < -0.4 is 15.0 Å². The van der Waals surface area contributed by atoms with Gasteiger partial charge in [-0.15, -0.1) is 0 Å². The molecule has 0 bridgehead atoms. The summed E-state index contributed by atoms with van der Waals surface area (Å²) >= 11 is 5.31. The topological polar surface area (TPSA) is 66.2 Å². The van der Waals surface area contributed by atoms with E-state index < -0.39 is 58.9 Å². The maximum atomic E-state index is 14.2. The molecule has 3 rings (SSSR count). The minimum absolute atomic E-state index is 0.0248. The summed E-state index contributed by atoms with van der Waals surface area (Å²) < 4.78 is 87.1. The number of ether oxygens (including phenoxy) is 1. The first-order valence-corrected chi connectivity index (χ1v) is 10.8. The third kappa shape index (κ3) is 4.78. The summed E-state index contributed by atoms with van der Waals surface area (Å²) in [5.41, 5.74) is -4.64. The van der Waals surface area contributed by atoms with Gasteiger partial charge in [0.05, 0.1) is 12.1 Å². The highest BCUT2D eigenvalue weighted by atomic mass is 32.1. The molecular formula is C23H18F6N4O3S. The molecule has 2 amide bonds. The average Bonchev–Trinajstić information content (AvgIpc) is 2.99. The fourth-order valence-electron chi connectivity index (χ4n) is 3.49. The summed E-state index contributed by atoms with van der Waals surface area (Å²) in [6.07, 6.45) is -5.98. The van der Waals surface area contributed by atoms with Gasteiger partial charge in [0.25, 0.3) is 11.8 Å². The van der Waals surface area contributed by atoms with Gasteiger partial charge in [-0.3, -0.25) is 14.5 Å². The van der Waals surface area contributed by atoms with Crippen molar-refractivity contribution in [2.75, 3.05) is 18.7 Å². The first-order valence-electron chi connectivity index (χ1n) is 10.3. The third-order valence-corrected chi connectivity index (χ3v) is 6.05. The van der Waals surface area contributed by atoms with Gasteiger partial charge in [0.15, 0.2) is 17.5 Å². The zero-order valence-corrected chi connectivity index (χ0v) is 20.2. The van der Waals surface area contributed by atoms with E-state index in [1.807, 2.05) is 0 Å². The maximum absolute atomic E-state index is 14.2. The molecule has 0 aromatic heterocycles. The van der Waals surface area contributed by atoms with Crippen molar-refractivity contribution in [3.05, 3.63) is 64.8 Å². The zero-order valence-electron chi connectivity index (χ0n) is 19.4. The minimum atomic E-state index is -5.98. The molecule has 0 atom stereocenters. The Kier molecular flexibility index (Phi) is 7.15. The van der Waals surface area contributed by atoms with Crippen molar-refractivity contribution in [3.8, 4) is 5.75 Å². The van der Waals surface area contributed by atoms with Crippen LogP contribution in [0.25, 0.3) is 4.85 Å². The Balaban J connectivity index is 1.93. The highest BCUT2D eigenvalue weighted by Gasteiger charge is 2.60. The van der Waals surface area contributed by atoms with E-state index in [-0.39, 0.29) is 16.4 Å². The van der Waals surface area contributed by atoms with Gasteiger partial charge in [-0.2, -0.15) is 22.0 Å². The van der Waals surface area contributed by atoms with Gasteiger partial charge in [-0.05, 0) is 50.3 Å². The SMILES string of the molecule is [C-]#[N+]c1ccc(N2C(=O)C(C)(C)N(COc3ccc(C(=O)NC)c(F)c3)C2=S)cc1C(F)(F)C(F)(F)F. The average molecular weight is 544 g/mol. The number of benzene rings is 2. The number of hydrogen-bond acceptors (Lipinski definition) is 4. The molecule has 1 N–H and O–H groups in total. The van der Waals surface area contributed by atoms with Crippen LogP contribution in [0.1, 0.15) is 29.8 Å². The number of alkyl halides is 5. The van der Waals surface area contributed by atoms with Crippen molar-refractivity contribution in [1.29, 1.82) is 0 Å². The monoisotopic (exact) mass is 544 g/mol. The molecule has 0 aliphatic carbocycles. The first-order chi connectivity index (χ1) is 17.1. The van der Waals surface area contributed by atoms with Crippen molar-refractivity contribution in [3.63, 3.8) is 0 Å². The summed E-state index contributed by atoms with van der Waals surface area (Å²) in [4.78, 5) is 29.5. The predicted octanol–water partition coefficient (Wildman–Crippen LogP) is 5.14. The maximum Gasteiger partial charge on any atom is 0.456 e. The van der Waals surface area contributed by atoms with Crippen LogP contribution in [0, 0.1) is 12.4 Å². The second kappa shape index (κ2) is 9.55. The number of anilines is 1. The second-order valence-electron chi connectivity index (χ2n) is 8.29. The molecule has 1 aliphatic rings. The zero-order chi connectivity index (χ0) is 27.9. The number of nitrogens with zero attached hydrogens (tertiary/aromatic N) is 3. The summed E-state index contributed by atoms with van der Waals surface area (Å²) in [7, 11) is 1.33. The van der Waals surface area contributed by atoms with Crippen LogP contribution in [0.15, 0.2) is 36.4 Å². The van der Waals surface area contributed by atoms with Crippen molar-refractivity contribution in [1.82, 2.24) is 10.2 Å². The minimum Gasteiger partial charge on any atom is -0.473 e. The van der Waals surface area contributed by atoms with Crippen LogP contribution in [0.3, 0.4) is 0 Å². The number of amides is 2. The van der Waals surface area contributed by atoms with Crippen LogP contribution in [0.2, 0.25) is 0 Å². The predicted molar refractivity (Wildman–Crippen MR) is 124 cm³/mol. The lowest BCUT2D eigenvalue weighted by atomic mass is 10.0. The Bertz CT molecular complexity index is 1320. The Morgan fingerprint density at radius 3 is 2.35 bits per heavy atom. The Labute approximate surface area is 212 Å². The van der Waals surface area contributed by atoms with E-state index in [9.17, 15) is 35.9 Å². The quantitative estimate of drug-likeness (QED) is 0.310. The normalized spacial score (nSPS) is 15.6. The fraction of sp³-hybridized carbons (Fsp3) is 0.304. The highest BCUT2D eigenvalue weighted by molar-refractivity contribution is 7.80. The van der Waals surface area contributed by atoms with Gasteiger partial charge in [0.1, 0.15) is 17.1 Å². The number of halogens is 6. The summed E-state index contributed by atoms with van der Waals surface area (Å²) in [5, 5.41) is 1.99. The molecule has 1 saturated heterocycles. The molecule has 14 heteroatoms. The van der Waals surface area contributed by atoms with E-state index in [1.165, 1.54) is 37.9 Å². The molecule has 1 heterocycles. The van der Waals surface area contributed by atoms with Gasteiger partial charge in [-0.1, -0.05) is 6.07 Å². The van der Waals surface area contributed by atoms with E-state index in [2.05, 4.69) is 10.2 Å². The van der Waals surface area contributed by atoms with E-state index in [1.54, 1.807) is 0 Å². The van der Waals surface area contributed by atoms with Crippen LogP contribution >= 0.6 is 12.2 Å². The molecule has 7 nitrogen and oxygen atoms in total. The van der Waals surface area contributed by atoms with Crippen LogP contribution in [0.5, 0.6) is 5.75 Å². The molecular weight excluding hydrogens is 526 g/mol. The Morgan fingerprint density at radius 2 is 1.81 bits per heavy atom. The molecule has 0 saturated carbocycles. The highest BCUT2D eigenvalue weighted by Crippen LogP contribution is 2.48. The van der Waals surface area contributed by atoms with E-state index >= 15 is 0 Å². The lowest BCUT2D eigenvalue weighted by molar-refractivity contribution is -0.289. The van der Waals surface area contributed by atoms with Gasteiger partial charge < -0.3 is 15.0 Å². The summed E-state index contributed by atoms with van der Waals surface area (Å²) in [6.45, 7) is 9.37. The van der Waals surface area contributed by atoms with E-state index in [0.717, 1.165) is 23.1 Å². The van der Waals surface area contributed by atoms with E-state index in [4.69, 9.17) is 23.5 Å². The fourth-order valence-corrected chi connectivity index (χ4v) is 3.96. The third-order valence-electron chi connectivity index (χ3n) is 5.65. The van der Waals surface area contributed by atoms with Crippen molar-refractivity contribution in [2.24, 2.45) is 0 Å². The molecule has 0 radical (unpaired) electrons. The number of carbonyl (C=O) groups excluding carboxylic acids is 2. The van der Waals surface area contributed by atoms with E-state index in [0.29, 0.717) is 6.07 Å². The number of hydrogen-bond donors (Lipinski definition) is 1. The summed E-state index contributed by atoms with van der Waals surface area (Å²) in [5.74, 6) is -7.69.